The standard InChI is InChI=1S/C25H24Cl2F5NO3/c1-3-36-20(34)11-23(12-24(28,29)13-23)16-6-9-18(27)19(10-16)33-22(35)21(14(2)25(30,31)32)15-4-7-17(26)8-5-15/h4-10,14,21H,3,11-13H2,1-2H3,(H,33,35)/t14-,21+/m1/s1. The zero-order valence-corrected chi connectivity index (χ0v) is 20.9. The summed E-state index contributed by atoms with van der Waals surface area (Å²) in [6.45, 7) is 2.56. The number of hydrogen-bond donors (Lipinski definition) is 1. The van der Waals surface area contributed by atoms with Crippen molar-refractivity contribution < 1.29 is 36.3 Å². The van der Waals surface area contributed by atoms with Gasteiger partial charge in [-0.2, -0.15) is 13.2 Å². The third kappa shape index (κ3) is 6.29. The molecule has 1 fully saturated rings. The van der Waals surface area contributed by atoms with E-state index in [9.17, 15) is 31.5 Å². The number of halogens is 7. The van der Waals surface area contributed by atoms with Gasteiger partial charge in [0.25, 0.3) is 0 Å². The Bertz CT molecular complexity index is 1110. The van der Waals surface area contributed by atoms with Gasteiger partial charge in [0.1, 0.15) is 0 Å². The normalized spacial score (nSPS) is 18.0. The quantitative estimate of drug-likeness (QED) is 0.272. The Morgan fingerprint density at radius 3 is 2.22 bits per heavy atom. The van der Waals surface area contributed by atoms with Crippen LogP contribution in [0.25, 0.3) is 0 Å². The molecule has 3 rings (SSSR count). The first-order valence-corrected chi connectivity index (χ1v) is 11.9. The van der Waals surface area contributed by atoms with Crippen LogP contribution in [-0.2, 0) is 19.7 Å². The molecule has 2 aromatic carbocycles. The average molecular weight is 552 g/mol. The topological polar surface area (TPSA) is 55.4 Å². The Morgan fingerprint density at radius 2 is 1.69 bits per heavy atom. The second-order valence-corrected chi connectivity index (χ2v) is 9.86. The predicted molar refractivity (Wildman–Crippen MR) is 127 cm³/mol. The summed E-state index contributed by atoms with van der Waals surface area (Å²) in [6.07, 6.45) is -6.24. The van der Waals surface area contributed by atoms with Crippen LogP contribution in [-0.4, -0.2) is 30.6 Å². The fourth-order valence-corrected chi connectivity index (χ4v) is 4.84. The zero-order chi connectivity index (χ0) is 26.9. The van der Waals surface area contributed by atoms with Crippen LogP contribution in [0.5, 0.6) is 0 Å². The van der Waals surface area contributed by atoms with E-state index >= 15 is 0 Å². The van der Waals surface area contributed by atoms with Crippen molar-refractivity contribution in [1.29, 1.82) is 0 Å². The van der Waals surface area contributed by atoms with E-state index < -0.39 is 54.1 Å². The summed E-state index contributed by atoms with van der Waals surface area (Å²) >= 11 is 12.1. The Balaban J connectivity index is 1.95. The molecule has 0 bridgehead atoms. The van der Waals surface area contributed by atoms with Gasteiger partial charge in [0, 0.05) is 23.3 Å². The lowest BCUT2D eigenvalue weighted by atomic mass is 9.60. The van der Waals surface area contributed by atoms with Crippen LogP contribution in [0.2, 0.25) is 10.0 Å². The molecule has 1 aliphatic rings. The van der Waals surface area contributed by atoms with Gasteiger partial charge in [-0.1, -0.05) is 48.3 Å². The van der Waals surface area contributed by atoms with Crippen molar-refractivity contribution in [1.82, 2.24) is 0 Å². The summed E-state index contributed by atoms with van der Waals surface area (Å²) in [5, 5.41) is 2.72. The van der Waals surface area contributed by atoms with E-state index in [1.807, 2.05) is 0 Å². The van der Waals surface area contributed by atoms with Crippen LogP contribution in [0.15, 0.2) is 42.5 Å². The summed E-state index contributed by atoms with van der Waals surface area (Å²) in [5.41, 5.74) is -0.917. The highest BCUT2D eigenvalue weighted by atomic mass is 35.5. The Labute approximate surface area is 215 Å². The predicted octanol–water partition coefficient (Wildman–Crippen LogP) is 7.53. The molecule has 0 radical (unpaired) electrons. The van der Waals surface area contributed by atoms with E-state index in [1.54, 1.807) is 6.92 Å². The van der Waals surface area contributed by atoms with Crippen LogP contribution in [0.1, 0.15) is 50.2 Å². The summed E-state index contributed by atoms with van der Waals surface area (Å²) in [5.74, 6) is -8.32. The van der Waals surface area contributed by atoms with Gasteiger partial charge < -0.3 is 10.1 Å². The number of benzene rings is 2. The van der Waals surface area contributed by atoms with E-state index in [2.05, 4.69) is 5.32 Å². The van der Waals surface area contributed by atoms with Crippen LogP contribution in [0.4, 0.5) is 27.6 Å². The Hall–Kier alpha value is -2.39. The fourth-order valence-electron chi connectivity index (χ4n) is 4.55. The number of nitrogens with one attached hydrogen (secondary N) is 1. The number of rotatable bonds is 8. The van der Waals surface area contributed by atoms with Crippen LogP contribution in [0, 0.1) is 5.92 Å². The molecule has 0 aliphatic heterocycles. The van der Waals surface area contributed by atoms with Crippen LogP contribution >= 0.6 is 23.2 Å². The van der Waals surface area contributed by atoms with Gasteiger partial charge in [-0.25, -0.2) is 8.78 Å². The molecule has 4 nitrogen and oxygen atoms in total. The van der Waals surface area contributed by atoms with E-state index in [0.717, 1.165) is 6.92 Å². The van der Waals surface area contributed by atoms with Gasteiger partial charge in [0.2, 0.25) is 11.8 Å². The lowest BCUT2D eigenvalue weighted by Crippen LogP contribution is -2.50. The molecule has 11 heteroatoms. The molecule has 2 atom stereocenters. The first-order valence-electron chi connectivity index (χ1n) is 11.1. The molecular weight excluding hydrogens is 528 g/mol. The lowest BCUT2D eigenvalue weighted by Gasteiger charge is -2.47. The van der Waals surface area contributed by atoms with Gasteiger partial charge in [0.05, 0.1) is 35.6 Å². The van der Waals surface area contributed by atoms with Crippen LogP contribution < -0.4 is 5.32 Å². The minimum atomic E-state index is -4.69. The van der Waals surface area contributed by atoms with Gasteiger partial charge >= 0.3 is 12.1 Å². The first kappa shape index (κ1) is 28.2. The van der Waals surface area contributed by atoms with Crippen LogP contribution in [0.3, 0.4) is 0 Å². The van der Waals surface area contributed by atoms with E-state index in [4.69, 9.17) is 27.9 Å². The summed E-state index contributed by atoms with van der Waals surface area (Å²) < 4.78 is 73.6. The third-order valence-electron chi connectivity index (χ3n) is 6.35. The SMILES string of the molecule is CCOC(=O)CC1(c2ccc(Cl)c(NC(=O)[C@H](c3ccc(Cl)cc3)[C@@H](C)C(F)(F)F)c2)CC(F)(F)C1. The highest BCUT2D eigenvalue weighted by Crippen LogP contribution is 2.56. The minimum absolute atomic E-state index is 0.000939. The molecule has 0 aromatic heterocycles. The van der Waals surface area contributed by atoms with Gasteiger partial charge in [-0.15, -0.1) is 0 Å². The summed E-state index contributed by atoms with van der Waals surface area (Å²) in [4.78, 5) is 25.3. The second-order valence-electron chi connectivity index (χ2n) is 9.02. The van der Waals surface area contributed by atoms with E-state index in [0.29, 0.717) is 5.56 Å². The van der Waals surface area contributed by atoms with Crippen molar-refractivity contribution in [2.24, 2.45) is 5.92 Å². The number of alkyl halides is 5. The molecular formula is C25H24Cl2F5NO3. The van der Waals surface area contributed by atoms with E-state index in [-0.39, 0.29) is 34.3 Å². The molecule has 2 aromatic rings. The van der Waals surface area contributed by atoms with Crippen molar-refractivity contribution >= 4 is 40.8 Å². The molecule has 0 spiro atoms. The van der Waals surface area contributed by atoms with Crippen molar-refractivity contribution in [2.45, 2.75) is 56.5 Å². The molecule has 0 heterocycles. The average Bonchev–Trinajstić information content (AvgIpc) is 2.74. The number of ether oxygens (including phenoxy) is 1. The lowest BCUT2D eigenvalue weighted by molar-refractivity contribution is -0.178. The molecule has 36 heavy (non-hydrogen) atoms. The van der Waals surface area contributed by atoms with Crippen molar-refractivity contribution in [3.63, 3.8) is 0 Å². The number of anilines is 1. The van der Waals surface area contributed by atoms with Crippen molar-refractivity contribution in [3.05, 3.63) is 63.6 Å². The maximum absolute atomic E-state index is 13.9. The van der Waals surface area contributed by atoms with Crippen molar-refractivity contribution in [3.8, 4) is 0 Å². The number of carbonyl (C=O) groups excluding carboxylic acids is 2. The molecule has 1 N–H and O–H groups in total. The number of amides is 1. The Kier molecular flexibility index (Phi) is 8.25. The second kappa shape index (κ2) is 10.5. The maximum Gasteiger partial charge on any atom is 0.392 e. The minimum Gasteiger partial charge on any atom is -0.466 e. The largest absolute Gasteiger partial charge is 0.466 e. The molecule has 1 saturated carbocycles. The molecule has 196 valence electrons. The highest BCUT2D eigenvalue weighted by Gasteiger charge is 2.58. The molecule has 0 saturated heterocycles. The number of hydrogen-bond acceptors (Lipinski definition) is 3. The molecule has 0 unspecified atom stereocenters. The maximum atomic E-state index is 13.9. The summed E-state index contributed by atoms with van der Waals surface area (Å²) in [6, 6.07) is 9.55. The third-order valence-corrected chi connectivity index (χ3v) is 6.93. The zero-order valence-electron chi connectivity index (χ0n) is 19.4. The number of carbonyl (C=O) groups is 2. The smallest absolute Gasteiger partial charge is 0.392 e. The van der Waals surface area contributed by atoms with Crippen molar-refractivity contribution in [2.75, 3.05) is 11.9 Å². The fraction of sp³-hybridized carbons (Fsp3) is 0.440. The van der Waals surface area contributed by atoms with E-state index in [1.165, 1.54) is 42.5 Å². The summed E-state index contributed by atoms with van der Waals surface area (Å²) in [7, 11) is 0. The number of esters is 1. The van der Waals surface area contributed by atoms with Gasteiger partial charge in [-0.3, -0.25) is 9.59 Å². The first-order chi connectivity index (χ1) is 16.7. The van der Waals surface area contributed by atoms with Gasteiger partial charge in [0.15, 0.2) is 0 Å². The van der Waals surface area contributed by atoms with Gasteiger partial charge in [-0.05, 0) is 42.3 Å². The monoisotopic (exact) mass is 551 g/mol. The highest BCUT2D eigenvalue weighted by molar-refractivity contribution is 6.33. The Morgan fingerprint density at radius 1 is 1.08 bits per heavy atom. The molecule has 1 aliphatic carbocycles. The molecule has 1 amide bonds.